The molecule has 1 fully saturated rings. The first-order valence-corrected chi connectivity index (χ1v) is 10.3. The third-order valence-electron chi connectivity index (χ3n) is 5.59. The van der Waals surface area contributed by atoms with Crippen molar-refractivity contribution in [1.82, 2.24) is 10.2 Å². The standard InChI is InChI=1S/C24H26N2O3.ClH/c1-17-21(27)19-11-8-12-20(23(19)29-22(17)18-9-4-2-5-10-18)24(28)25-13-16-26-14-6-3-7-15-26;/h2,4-5,8-12H,3,6-7,13-16H2,1H3,(H,25,28);1H. The van der Waals surface area contributed by atoms with Crippen LogP contribution in [0.3, 0.4) is 0 Å². The largest absolute Gasteiger partial charge is 0.455 e. The average Bonchev–Trinajstić information content (AvgIpc) is 2.77. The predicted octanol–water partition coefficient (Wildman–Crippen LogP) is 4.41. The summed E-state index contributed by atoms with van der Waals surface area (Å²) in [7, 11) is 0. The first-order valence-electron chi connectivity index (χ1n) is 10.3. The van der Waals surface area contributed by atoms with Crippen molar-refractivity contribution in [2.75, 3.05) is 26.2 Å². The van der Waals surface area contributed by atoms with E-state index >= 15 is 0 Å². The molecule has 30 heavy (non-hydrogen) atoms. The van der Waals surface area contributed by atoms with E-state index < -0.39 is 0 Å². The van der Waals surface area contributed by atoms with Gasteiger partial charge in [-0.15, -0.1) is 12.4 Å². The highest BCUT2D eigenvalue weighted by molar-refractivity contribution is 6.05. The summed E-state index contributed by atoms with van der Waals surface area (Å²) in [6.45, 7) is 5.38. The molecule has 1 N–H and O–H groups in total. The summed E-state index contributed by atoms with van der Waals surface area (Å²) in [4.78, 5) is 28.2. The quantitative estimate of drug-likeness (QED) is 0.656. The first kappa shape index (κ1) is 22.1. The summed E-state index contributed by atoms with van der Waals surface area (Å²) >= 11 is 0. The van der Waals surface area contributed by atoms with Gasteiger partial charge in [0, 0.05) is 24.2 Å². The number of rotatable bonds is 5. The van der Waals surface area contributed by atoms with E-state index in [0.29, 0.717) is 34.4 Å². The maximum atomic E-state index is 12.9. The summed E-state index contributed by atoms with van der Waals surface area (Å²) < 4.78 is 6.14. The Morgan fingerprint density at radius 3 is 2.50 bits per heavy atom. The van der Waals surface area contributed by atoms with Crippen molar-refractivity contribution < 1.29 is 9.21 Å². The molecule has 1 saturated heterocycles. The normalized spacial score (nSPS) is 14.3. The van der Waals surface area contributed by atoms with Crippen LogP contribution in [-0.4, -0.2) is 37.0 Å². The molecule has 158 valence electrons. The Hall–Kier alpha value is -2.63. The maximum absolute atomic E-state index is 12.9. The van der Waals surface area contributed by atoms with Crippen molar-refractivity contribution in [3.63, 3.8) is 0 Å². The number of halogens is 1. The molecule has 0 radical (unpaired) electrons. The van der Waals surface area contributed by atoms with Crippen LogP contribution in [0.25, 0.3) is 22.3 Å². The minimum atomic E-state index is -0.210. The molecule has 5 nitrogen and oxygen atoms in total. The third kappa shape index (κ3) is 4.58. The van der Waals surface area contributed by atoms with E-state index in [2.05, 4.69) is 10.2 Å². The van der Waals surface area contributed by atoms with Gasteiger partial charge in [-0.3, -0.25) is 9.59 Å². The van der Waals surface area contributed by atoms with Gasteiger partial charge in [0.25, 0.3) is 5.91 Å². The van der Waals surface area contributed by atoms with Gasteiger partial charge in [0.15, 0.2) is 11.0 Å². The minimum absolute atomic E-state index is 0. The molecule has 1 aliphatic rings. The number of piperidine rings is 1. The molecule has 0 saturated carbocycles. The van der Waals surface area contributed by atoms with Gasteiger partial charge in [-0.1, -0.05) is 42.8 Å². The number of nitrogens with zero attached hydrogens (tertiary/aromatic N) is 1. The number of para-hydroxylation sites is 1. The molecule has 0 spiro atoms. The SMILES string of the molecule is Cc1c(-c2ccccc2)oc2c(C(=O)NCCN3CCCCC3)cccc2c1=O.Cl. The van der Waals surface area contributed by atoms with Crippen molar-refractivity contribution >= 4 is 29.3 Å². The highest BCUT2D eigenvalue weighted by Crippen LogP contribution is 2.27. The van der Waals surface area contributed by atoms with E-state index in [-0.39, 0.29) is 23.7 Å². The number of likely N-dealkylation sites (tertiary alicyclic amines) is 1. The van der Waals surface area contributed by atoms with E-state index in [1.807, 2.05) is 30.3 Å². The van der Waals surface area contributed by atoms with E-state index in [9.17, 15) is 9.59 Å². The fourth-order valence-electron chi connectivity index (χ4n) is 3.96. The maximum Gasteiger partial charge on any atom is 0.255 e. The third-order valence-corrected chi connectivity index (χ3v) is 5.59. The molecular weight excluding hydrogens is 400 g/mol. The second-order valence-electron chi connectivity index (χ2n) is 7.59. The van der Waals surface area contributed by atoms with Gasteiger partial charge >= 0.3 is 0 Å². The van der Waals surface area contributed by atoms with Crippen molar-refractivity contribution in [1.29, 1.82) is 0 Å². The number of nitrogens with one attached hydrogen (secondary N) is 1. The Morgan fingerprint density at radius 1 is 1.03 bits per heavy atom. The molecule has 6 heteroatoms. The fraction of sp³-hybridized carbons (Fsp3) is 0.333. The van der Waals surface area contributed by atoms with Crippen LogP contribution < -0.4 is 10.7 Å². The highest BCUT2D eigenvalue weighted by atomic mass is 35.5. The van der Waals surface area contributed by atoms with E-state index in [1.165, 1.54) is 19.3 Å². The lowest BCUT2D eigenvalue weighted by Gasteiger charge is -2.26. The second-order valence-corrected chi connectivity index (χ2v) is 7.59. The van der Waals surface area contributed by atoms with Crippen LogP contribution in [0, 0.1) is 6.92 Å². The van der Waals surface area contributed by atoms with E-state index in [0.717, 1.165) is 25.2 Å². The van der Waals surface area contributed by atoms with Crippen LogP contribution in [0.1, 0.15) is 35.2 Å². The van der Waals surface area contributed by atoms with Crippen molar-refractivity contribution in [3.05, 3.63) is 69.9 Å². The van der Waals surface area contributed by atoms with Crippen LogP contribution in [0.5, 0.6) is 0 Å². The number of fused-ring (bicyclic) bond motifs is 1. The Bertz CT molecular complexity index is 1070. The monoisotopic (exact) mass is 426 g/mol. The Kier molecular flexibility index (Phi) is 7.29. The molecule has 4 rings (SSSR count). The number of hydrogen-bond acceptors (Lipinski definition) is 4. The summed E-state index contributed by atoms with van der Waals surface area (Å²) in [5.41, 5.74) is 2.01. The topological polar surface area (TPSA) is 62.6 Å². The number of carbonyl (C=O) groups is 1. The molecular formula is C24H27ClN2O3. The number of carbonyl (C=O) groups excluding carboxylic acids is 1. The Morgan fingerprint density at radius 2 is 1.77 bits per heavy atom. The molecule has 3 aromatic rings. The molecule has 0 aliphatic carbocycles. The number of benzene rings is 2. The number of hydrogen-bond donors (Lipinski definition) is 1. The second kappa shape index (κ2) is 9.92. The molecule has 0 atom stereocenters. The van der Waals surface area contributed by atoms with Crippen LogP contribution in [0.2, 0.25) is 0 Å². The highest BCUT2D eigenvalue weighted by Gasteiger charge is 2.18. The summed E-state index contributed by atoms with van der Waals surface area (Å²) in [6.07, 6.45) is 3.75. The lowest BCUT2D eigenvalue weighted by Crippen LogP contribution is -2.37. The zero-order valence-corrected chi connectivity index (χ0v) is 18.0. The van der Waals surface area contributed by atoms with Gasteiger partial charge in [-0.2, -0.15) is 0 Å². The molecule has 1 aliphatic heterocycles. The van der Waals surface area contributed by atoms with Gasteiger partial charge in [0.1, 0.15) is 5.76 Å². The van der Waals surface area contributed by atoms with E-state index in [4.69, 9.17) is 4.42 Å². The van der Waals surface area contributed by atoms with Crippen LogP contribution in [0.4, 0.5) is 0 Å². The van der Waals surface area contributed by atoms with Crippen LogP contribution in [0.15, 0.2) is 57.7 Å². The summed E-state index contributed by atoms with van der Waals surface area (Å²) in [5, 5.41) is 3.43. The van der Waals surface area contributed by atoms with E-state index in [1.54, 1.807) is 25.1 Å². The predicted molar refractivity (Wildman–Crippen MR) is 123 cm³/mol. The van der Waals surface area contributed by atoms with Crippen molar-refractivity contribution in [2.45, 2.75) is 26.2 Å². The molecule has 2 heterocycles. The van der Waals surface area contributed by atoms with Crippen molar-refractivity contribution in [2.24, 2.45) is 0 Å². The van der Waals surface area contributed by atoms with Crippen LogP contribution >= 0.6 is 12.4 Å². The smallest absolute Gasteiger partial charge is 0.255 e. The lowest BCUT2D eigenvalue weighted by atomic mass is 10.0. The van der Waals surface area contributed by atoms with Gasteiger partial charge in [0.2, 0.25) is 0 Å². The Labute approximate surface area is 182 Å². The average molecular weight is 427 g/mol. The lowest BCUT2D eigenvalue weighted by molar-refractivity contribution is 0.0947. The van der Waals surface area contributed by atoms with Crippen LogP contribution in [-0.2, 0) is 0 Å². The zero-order chi connectivity index (χ0) is 20.2. The first-order chi connectivity index (χ1) is 14.1. The molecule has 0 unspecified atom stereocenters. The molecule has 2 aromatic carbocycles. The molecule has 1 amide bonds. The zero-order valence-electron chi connectivity index (χ0n) is 17.1. The Balaban J connectivity index is 0.00000256. The summed E-state index contributed by atoms with van der Waals surface area (Å²) in [6, 6.07) is 14.7. The van der Waals surface area contributed by atoms with Gasteiger partial charge < -0.3 is 14.6 Å². The number of amides is 1. The minimum Gasteiger partial charge on any atom is -0.455 e. The van der Waals surface area contributed by atoms with Gasteiger partial charge in [0.05, 0.1) is 10.9 Å². The van der Waals surface area contributed by atoms with Crippen molar-refractivity contribution in [3.8, 4) is 11.3 Å². The van der Waals surface area contributed by atoms with Gasteiger partial charge in [-0.05, 0) is 45.0 Å². The fourth-order valence-corrected chi connectivity index (χ4v) is 3.96. The summed E-state index contributed by atoms with van der Waals surface area (Å²) in [5.74, 6) is 0.301. The molecule has 0 bridgehead atoms. The van der Waals surface area contributed by atoms with Gasteiger partial charge in [-0.25, -0.2) is 0 Å². The molecule has 1 aromatic heterocycles.